The lowest BCUT2D eigenvalue weighted by Gasteiger charge is -1.95. The largest absolute Gasteiger partial charge is 0.289 e. The molecule has 1 aromatic heterocycles. The number of hydrogen-bond acceptors (Lipinski definition) is 2. The quantitative estimate of drug-likeness (QED) is 0.499. The van der Waals surface area contributed by atoms with Crippen molar-refractivity contribution in [3.8, 4) is 0 Å². The van der Waals surface area contributed by atoms with E-state index in [1.807, 2.05) is 0 Å². The first-order chi connectivity index (χ1) is 5.84. The highest BCUT2D eigenvalue weighted by atomic mass is 32.1. The van der Waals surface area contributed by atoms with Gasteiger partial charge in [-0.05, 0) is 24.8 Å². The molecule has 2 heteroatoms. The summed E-state index contributed by atoms with van der Waals surface area (Å²) in [7, 11) is 0. The fourth-order valence-corrected chi connectivity index (χ4v) is 1.66. The fraction of sp³-hybridized carbons (Fsp3) is 0.500. The number of aliphatic imine (C=N–C) groups is 1. The second kappa shape index (κ2) is 5.09. The molecule has 0 unspecified atom stereocenters. The second-order valence-corrected chi connectivity index (χ2v) is 3.75. The maximum atomic E-state index is 4.48. The van der Waals surface area contributed by atoms with E-state index < -0.39 is 0 Å². The van der Waals surface area contributed by atoms with Gasteiger partial charge in [-0.15, -0.1) is 11.3 Å². The molecule has 1 heterocycles. The first-order valence-electron chi connectivity index (χ1n) is 4.39. The van der Waals surface area contributed by atoms with Gasteiger partial charge < -0.3 is 0 Å². The third-order valence-electron chi connectivity index (χ3n) is 1.74. The van der Waals surface area contributed by atoms with Crippen LogP contribution < -0.4 is 0 Å². The van der Waals surface area contributed by atoms with Gasteiger partial charge >= 0.3 is 0 Å². The van der Waals surface area contributed by atoms with Gasteiger partial charge in [0, 0.05) is 17.1 Å². The van der Waals surface area contributed by atoms with Crippen LogP contribution in [0.25, 0.3) is 0 Å². The van der Waals surface area contributed by atoms with Gasteiger partial charge in [-0.3, -0.25) is 4.99 Å². The smallest absolute Gasteiger partial charge is 0.0489 e. The average Bonchev–Trinajstić information content (AvgIpc) is 2.56. The van der Waals surface area contributed by atoms with E-state index in [9.17, 15) is 0 Å². The minimum atomic E-state index is 0.972. The van der Waals surface area contributed by atoms with Crippen molar-refractivity contribution in [2.24, 2.45) is 4.99 Å². The van der Waals surface area contributed by atoms with Gasteiger partial charge in [0.15, 0.2) is 0 Å². The van der Waals surface area contributed by atoms with Gasteiger partial charge in [-0.25, -0.2) is 0 Å². The second-order valence-electron chi connectivity index (χ2n) is 2.80. The maximum absolute atomic E-state index is 4.48. The third kappa shape index (κ3) is 2.78. The lowest BCUT2D eigenvalue weighted by atomic mass is 10.3. The van der Waals surface area contributed by atoms with E-state index >= 15 is 0 Å². The number of thiophene rings is 1. The van der Waals surface area contributed by atoms with E-state index in [1.165, 1.54) is 23.4 Å². The van der Waals surface area contributed by atoms with Crippen molar-refractivity contribution in [2.75, 3.05) is 6.54 Å². The van der Waals surface area contributed by atoms with E-state index in [1.54, 1.807) is 11.3 Å². The van der Waals surface area contributed by atoms with Gasteiger partial charge in [0.2, 0.25) is 0 Å². The molecule has 0 bridgehead atoms. The van der Waals surface area contributed by atoms with Crippen LogP contribution in [0.5, 0.6) is 0 Å². The standard InChI is InChI=1S/C10H15NS/c1-3-4-7-11-9(2)10-6-5-8-12-10/h5-6,8H,3-4,7H2,1-2H3. The van der Waals surface area contributed by atoms with Crippen molar-refractivity contribution in [3.05, 3.63) is 22.4 Å². The molecule has 0 aromatic carbocycles. The van der Waals surface area contributed by atoms with Gasteiger partial charge in [-0.2, -0.15) is 0 Å². The average molecular weight is 181 g/mol. The van der Waals surface area contributed by atoms with Crippen molar-refractivity contribution < 1.29 is 0 Å². The fourth-order valence-electron chi connectivity index (χ4n) is 0.967. The van der Waals surface area contributed by atoms with E-state index in [0.29, 0.717) is 0 Å². The lowest BCUT2D eigenvalue weighted by Crippen LogP contribution is -1.92. The molecular weight excluding hydrogens is 166 g/mol. The number of unbranched alkanes of at least 4 members (excludes halogenated alkanes) is 1. The SMILES string of the molecule is CCCCN=C(C)c1cccs1. The molecule has 0 spiro atoms. The van der Waals surface area contributed by atoms with Crippen LogP contribution >= 0.6 is 11.3 Å². The molecule has 0 fully saturated rings. The summed E-state index contributed by atoms with van der Waals surface area (Å²) in [5, 5.41) is 2.09. The highest BCUT2D eigenvalue weighted by molar-refractivity contribution is 7.12. The number of hydrogen-bond donors (Lipinski definition) is 0. The molecule has 12 heavy (non-hydrogen) atoms. The molecule has 0 atom stereocenters. The normalized spacial score (nSPS) is 12.0. The summed E-state index contributed by atoms with van der Waals surface area (Å²) in [5.41, 5.74) is 1.18. The van der Waals surface area contributed by atoms with Crippen LogP contribution in [0.4, 0.5) is 0 Å². The van der Waals surface area contributed by atoms with Crippen molar-refractivity contribution in [1.82, 2.24) is 0 Å². The molecule has 0 amide bonds. The van der Waals surface area contributed by atoms with E-state index in [2.05, 4.69) is 36.4 Å². The molecule has 0 radical (unpaired) electrons. The summed E-state index contributed by atoms with van der Waals surface area (Å²) >= 11 is 1.76. The summed E-state index contributed by atoms with van der Waals surface area (Å²) in [6.07, 6.45) is 2.42. The minimum absolute atomic E-state index is 0.972. The topological polar surface area (TPSA) is 12.4 Å². The molecule has 0 saturated heterocycles. The predicted molar refractivity (Wildman–Crippen MR) is 56.3 cm³/mol. The highest BCUT2D eigenvalue weighted by Crippen LogP contribution is 2.09. The molecule has 0 N–H and O–H groups in total. The zero-order chi connectivity index (χ0) is 8.81. The Bertz CT molecular complexity index is 236. The van der Waals surface area contributed by atoms with Crippen LogP contribution in [-0.2, 0) is 0 Å². The van der Waals surface area contributed by atoms with Crippen molar-refractivity contribution in [2.45, 2.75) is 26.7 Å². The Morgan fingerprint density at radius 3 is 3.00 bits per heavy atom. The molecule has 1 nitrogen and oxygen atoms in total. The summed E-state index contributed by atoms with van der Waals surface area (Å²) in [4.78, 5) is 5.78. The third-order valence-corrected chi connectivity index (χ3v) is 2.72. The molecule has 0 saturated carbocycles. The Morgan fingerprint density at radius 2 is 2.42 bits per heavy atom. The molecule has 1 aromatic rings. The van der Waals surface area contributed by atoms with Crippen LogP contribution in [0, 0.1) is 0 Å². The minimum Gasteiger partial charge on any atom is -0.289 e. The summed E-state index contributed by atoms with van der Waals surface area (Å²) in [6.45, 7) is 5.25. The van der Waals surface area contributed by atoms with Crippen molar-refractivity contribution in [1.29, 1.82) is 0 Å². The van der Waals surface area contributed by atoms with E-state index in [4.69, 9.17) is 0 Å². The summed E-state index contributed by atoms with van der Waals surface area (Å²) in [6, 6.07) is 4.19. The Kier molecular flexibility index (Phi) is 4.01. The van der Waals surface area contributed by atoms with Crippen molar-refractivity contribution >= 4 is 17.0 Å². The van der Waals surface area contributed by atoms with Crippen LogP contribution in [-0.4, -0.2) is 12.3 Å². The zero-order valence-corrected chi connectivity index (χ0v) is 8.53. The van der Waals surface area contributed by atoms with Gasteiger partial charge in [0.1, 0.15) is 0 Å². The number of nitrogens with zero attached hydrogens (tertiary/aromatic N) is 1. The van der Waals surface area contributed by atoms with Gasteiger partial charge in [0.25, 0.3) is 0 Å². The van der Waals surface area contributed by atoms with Crippen LogP contribution in [0.1, 0.15) is 31.6 Å². The first-order valence-corrected chi connectivity index (χ1v) is 5.27. The van der Waals surface area contributed by atoms with Crippen LogP contribution in [0.2, 0.25) is 0 Å². The molecule has 0 aliphatic rings. The molecule has 0 aliphatic heterocycles. The van der Waals surface area contributed by atoms with Crippen molar-refractivity contribution in [3.63, 3.8) is 0 Å². The zero-order valence-electron chi connectivity index (χ0n) is 7.71. The Labute approximate surface area is 78.2 Å². The number of rotatable bonds is 4. The predicted octanol–water partition coefficient (Wildman–Crippen LogP) is 3.36. The van der Waals surface area contributed by atoms with E-state index in [0.717, 1.165) is 6.54 Å². The highest BCUT2D eigenvalue weighted by Gasteiger charge is 1.95. The van der Waals surface area contributed by atoms with Gasteiger partial charge in [0.05, 0.1) is 0 Å². The molecule has 0 aliphatic carbocycles. The summed E-state index contributed by atoms with van der Waals surface area (Å²) in [5.74, 6) is 0. The lowest BCUT2D eigenvalue weighted by molar-refractivity contribution is 0.808. The molecular formula is C10H15NS. The first kappa shape index (κ1) is 9.46. The van der Waals surface area contributed by atoms with Gasteiger partial charge in [-0.1, -0.05) is 19.4 Å². The van der Waals surface area contributed by atoms with E-state index in [-0.39, 0.29) is 0 Å². The molecule has 66 valence electrons. The molecule has 1 rings (SSSR count). The maximum Gasteiger partial charge on any atom is 0.0489 e. The summed E-state index contributed by atoms with van der Waals surface area (Å²) < 4.78 is 0. The monoisotopic (exact) mass is 181 g/mol. The van der Waals surface area contributed by atoms with Crippen LogP contribution in [0.3, 0.4) is 0 Å². The Morgan fingerprint density at radius 1 is 1.58 bits per heavy atom. The Balaban J connectivity index is 2.47. The Hall–Kier alpha value is -0.630. The van der Waals surface area contributed by atoms with Crippen LogP contribution in [0.15, 0.2) is 22.5 Å².